The molecule has 1 aromatic heterocycles. The molecule has 168 valence electrons. The van der Waals surface area contributed by atoms with Crippen molar-refractivity contribution >= 4 is 45.0 Å². The number of rotatable bonds is 4. The lowest BCUT2D eigenvalue weighted by molar-refractivity contribution is 0.0999. The zero-order chi connectivity index (χ0) is 24.0. The van der Waals surface area contributed by atoms with Crippen LogP contribution >= 0.6 is 0 Å². The number of hydrogen-bond acceptors (Lipinski definition) is 3. The molecule has 5 rings (SSSR count). The van der Waals surface area contributed by atoms with Gasteiger partial charge in [0, 0.05) is 33.2 Å². The Morgan fingerprint density at radius 2 is 1.71 bits per heavy atom. The number of amides is 2. The van der Waals surface area contributed by atoms with E-state index in [1.807, 2.05) is 49.4 Å². The summed E-state index contributed by atoms with van der Waals surface area (Å²) in [5, 5.41) is 4.66. The molecule has 0 aliphatic rings. The molecule has 0 saturated heterocycles. The molecular formula is C27H21FN4O2. The number of benzene rings is 4. The second-order valence-electron chi connectivity index (χ2n) is 8.14. The summed E-state index contributed by atoms with van der Waals surface area (Å²) < 4.78 is 13.2. The molecule has 2 amide bonds. The van der Waals surface area contributed by atoms with Crippen LogP contribution in [0.2, 0.25) is 0 Å². The van der Waals surface area contributed by atoms with E-state index in [9.17, 15) is 14.0 Å². The first kappa shape index (κ1) is 21.2. The summed E-state index contributed by atoms with van der Waals surface area (Å²) >= 11 is 0. The van der Waals surface area contributed by atoms with Crippen molar-refractivity contribution in [3.8, 4) is 11.1 Å². The fourth-order valence-corrected chi connectivity index (χ4v) is 4.32. The Kier molecular flexibility index (Phi) is 5.02. The minimum absolute atomic E-state index is 0.336. The molecule has 5 aromatic rings. The Hall–Kier alpha value is -4.65. The van der Waals surface area contributed by atoms with Crippen molar-refractivity contribution < 1.29 is 14.0 Å². The lowest BCUT2D eigenvalue weighted by Crippen LogP contribution is -2.13. The van der Waals surface area contributed by atoms with Gasteiger partial charge in [0.05, 0.1) is 11.1 Å². The van der Waals surface area contributed by atoms with Crippen molar-refractivity contribution in [1.82, 2.24) is 4.98 Å². The Morgan fingerprint density at radius 1 is 0.941 bits per heavy atom. The number of aromatic amines is 1. The van der Waals surface area contributed by atoms with Crippen LogP contribution in [-0.2, 0) is 0 Å². The fourth-order valence-electron chi connectivity index (χ4n) is 4.32. The van der Waals surface area contributed by atoms with Crippen LogP contribution in [0, 0.1) is 12.7 Å². The monoisotopic (exact) mass is 452 g/mol. The second-order valence-corrected chi connectivity index (χ2v) is 8.14. The highest BCUT2D eigenvalue weighted by molar-refractivity contribution is 6.20. The number of nitrogens with one attached hydrogen (secondary N) is 2. The van der Waals surface area contributed by atoms with Gasteiger partial charge in [-0.15, -0.1) is 0 Å². The number of fused-ring (bicyclic) bond motifs is 3. The van der Waals surface area contributed by atoms with E-state index >= 15 is 0 Å². The van der Waals surface area contributed by atoms with Crippen molar-refractivity contribution in [3.05, 3.63) is 95.3 Å². The van der Waals surface area contributed by atoms with Crippen LogP contribution in [0.25, 0.3) is 32.9 Å². The van der Waals surface area contributed by atoms with Gasteiger partial charge in [-0.05, 0) is 72.1 Å². The molecule has 6 N–H and O–H groups in total. The van der Waals surface area contributed by atoms with Crippen LogP contribution in [0.4, 0.5) is 15.8 Å². The first-order chi connectivity index (χ1) is 16.3. The highest BCUT2D eigenvalue weighted by Crippen LogP contribution is 2.39. The Labute approximate surface area is 194 Å². The molecule has 7 heteroatoms. The minimum Gasteiger partial charge on any atom is -0.399 e. The lowest BCUT2D eigenvalue weighted by atomic mass is 9.93. The number of aromatic nitrogens is 1. The number of anilines is 2. The summed E-state index contributed by atoms with van der Waals surface area (Å²) in [4.78, 5) is 28.1. The molecule has 1 heterocycles. The normalized spacial score (nSPS) is 11.1. The third-order valence-electron chi connectivity index (χ3n) is 6.02. The van der Waals surface area contributed by atoms with E-state index in [0.29, 0.717) is 28.0 Å². The zero-order valence-electron chi connectivity index (χ0n) is 18.3. The van der Waals surface area contributed by atoms with Crippen LogP contribution in [0.5, 0.6) is 0 Å². The zero-order valence-corrected chi connectivity index (χ0v) is 18.3. The summed E-state index contributed by atoms with van der Waals surface area (Å²) in [6.45, 7) is 1.91. The van der Waals surface area contributed by atoms with Crippen molar-refractivity contribution in [2.45, 2.75) is 6.92 Å². The van der Waals surface area contributed by atoms with Gasteiger partial charge >= 0.3 is 0 Å². The van der Waals surface area contributed by atoms with Gasteiger partial charge in [0.25, 0.3) is 11.8 Å². The predicted octanol–water partition coefficient (Wildman–Crippen LogP) is 5.37. The quantitative estimate of drug-likeness (QED) is 0.275. The number of H-pyrrole nitrogens is 1. The molecule has 4 aromatic carbocycles. The van der Waals surface area contributed by atoms with E-state index in [0.717, 1.165) is 33.0 Å². The van der Waals surface area contributed by atoms with Crippen molar-refractivity contribution in [2.75, 3.05) is 11.1 Å². The van der Waals surface area contributed by atoms with E-state index in [4.69, 9.17) is 11.5 Å². The number of primary amides is 1. The summed E-state index contributed by atoms with van der Waals surface area (Å²) in [5.74, 6) is -1.27. The predicted molar refractivity (Wildman–Crippen MR) is 133 cm³/mol. The van der Waals surface area contributed by atoms with Gasteiger partial charge in [0.15, 0.2) is 0 Å². The molecule has 6 nitrogen and oxygen atoms in total. The smallest absolute Gasteiger partial charge is 0.255 e. The molecule has 0 bridgehead atoms. The van der Waals surface area contributed by atoms with Crippen LogP contribution < -0.4 is 16.8 Å². The fraction of sp³-hybridized carbons (Fsp3) is 0.0370. The largest absolute Gasteiger partial charge is 0.399 e. The van der Waals surface area contributed by atoms with E-state index in [2.05, 4.69) is 10.3 Å². The number of carbonyl (C=O) groups excluding carboxylic acids is 2. The lowest BCUT2D eigenvalue weighted by Gasteiger charge is -2.15. The van der Waals surface area contributed by atoms with Gasteiger partial charge in [-0.3, -0.25) is 9.59 Å². The standard InChI is InChI=1S/C27H21FN4O2/c1-14-18(3-2-4-22(14)32-27(34)15-5-7-16(28)8-6-15)19-11-12-21(26(30)33)25-24(19)20-10-9-17(29)13-23(20)31-25/h2-13,31H,29H2,1H3,(H2,30,33)(H,32,34). The molecule has 0 radical (unpaired) electrons. The van der Waals surface area contributed by atoms with Crippen molar-refractivity contribution in [1.29, 1.82) is 0 Å². The van der Waals surface area contributed by atoms with Gasteiger partial charge in [-0.1, -0.05) is 24.3 Å². The highest BCUT2D eigenvalue weighted by atomic mass is 19.1. The summed E-state index contributed by atoms with van der Waals surface area (Å²) in [7, 11) is 0. The Bertz CT molecular complexity index is 1600. The topological polar surface area (TPSA) is 114 Å². The Morgan fingerprint density at radius 3 is 2.44 bits per heavy atom. The molecular weight excluding hydrogens is 431 g/mol. The third kappa shape index (κ3) is 3.53. The molecule has 0 fully saturated rings. The first-order valence-corrected chi connectivity index (χ1v) is 10.6. The number of carbonyl (C=O) groups is 2. The van der Waals surface area contributed by atoms with E-state index in [-0.39, 0.29) is 5.91 Å². The van der Waals surface area contributed by atoms with Crippen LogP contribution in [-0.4, -0.2) is 16.8 Å². The van der Waals surface area contributed by atoms with Crippen LogP contribution in [0.15, 0.2) is 72.8 Å². The number of hydrogen-bond donors (Lipinski definition) is 4. The van der Waals surface area contributed by atoms with E-state index < -0.39 is 11.7 Å². The maximum atomic E-state index is 13.2. The molecule has 0 unspecified atom stereocenters. The SMILES string of the molecule is Cc1c(NC(=O)c2ccc(F)cc2)cccc1-c1ccc(C(N)=O)c2[nH]c3cc(N)ccc3c12. The Balaban J connectivity index is 1.66. The highest BCUT2D eigenvalue weighted by Gasteiger charge is 2.19. The minimum atomic E-state index is -0.534. The molecule has 0 aliphatic heterocycles. The van der Waals surface area contributed by atoms with Crippen molar-refractivity contribution in [3.63, 3.8) is 0 Å². The molecule has 0 aliphatic carbocycles. The summed E-state index contributed by atoms with van der Waals surface area (Å²) in [5.41, 5.74) is 17.6. The van der Waals surface area contributed by atoms with Gasteiger partial charge < -0.3 is 21.8 Å². The van der Waals surface area contributed by atoms with Gasteiger partial charge in [0.2, 0.25) is 0 Å². The van der Waals surface area contributed by atoms with E-state index in [1.165, 1.54) is 24.3 Å². The second kappa shape index (κ2) is 8.04. The number of nitrogen functional groups attached to an aromatic ring is 1. The summed E-state index contributed by atoms with van der Waals surface area (Å²) in [6.07, 6.45) is 0. The third-order valence-corrected chi connectivity index (χ3v) is 6.02. The van der Waals surface area contributed by atoms with Crippen LogP contribution in [0.3, 0.4) is 0 Å². The average molecular weight is 452 g/mol. The molecule has 34 heavy (non-hydrogen) atoms. The molecule has 0 spiro atoms. The van der Waals surface area contributed by atoms with Crippen LogP contribution in [0.1, 0.15) is 26.3 Å². The average Bonchev–Trinajstić information content (AvgIpc) is 3.18. The number of nitrogens with two attached hydrogens (primary N) is 2. The van der Waals surface area contributed by atoms with Gasteiger partial charge in [0.1, 0.15) is 5.82 Å². The molecule has 0 saturated carbocycles. The summed E-state index contributed by atoms with van der Waals surface area (Å²) in [6, 6.07) is 20.1. The van der Waals surface area contributed by atoms with Crippen molar-refractivity contribution in [2.24, 2.45) is 5.73 Å². The van der Waals surface area contributed by atoms with Gasteiger partial charge in [-0.2, -0.15) is 0 Å². The number of halogens is 1. The first-order valence-electron chi connectivity index (χ1n) is 10.6. The van der Waals surface area contributed by atoms with Gasteiger partial charge in [-0.25, -0.2) is 4.39 Å². The molecule has 0 atom stereocenters. The maximum absolute atomic E-state index is 13.2. The maximum Gasteiger partial charge on any atom is 0.255 e. The van der Waals surface area contributed by atoms with E-state index in [1.54, 1.807) is 6.07 Å².